The maximum absolute atomic E-state index is 12.6. The Morgan fingerprint density at radius 1 is 0.811 bits per heavy atom. The van der Waals surface area contributed by atoms with E-state index in [4.69, 9.17) is 16.3 Å². The molecule has 0 radical (unpaired) electrons. The highest BCUT2D eigenvalue weighted by molar-refractivity contribution is 7.19. The first-order chi connectivity index (χ1) is 25.6. The monoisotopic (exact) mass is 770 g/mol. The average molecular weight is 771 g/mol. The zero-order valence-electron chi connectivity index (χ0n) is 30.4. The van der Waals surface area contributed by atoms with Crippen LogP contribution >= 0.6 is 34.3 Å². The lowest BCUT2D eigenvalue weighted by Crippen LogP contribution is -2.32. The molecule has 1 aromatic carbocycles. The summed E-state index contributed by atoms with van der Waals surface area (Å²) in [5.41, 5.74) is 5.79. The molecule has 2 atom stereocenters. The van der Waals surface area contributed by atoms with Crippen molar-refractivity contribution in [1.29, 1.82) is 0 Å². The molecule has 1 N–H and O–H groups in total. The zero-order chi connectivity index (χ0) is 36.8. The van der Waals surface area contributed by atoms with Gasteiger partial charge in [0.05, 0.1) is 29.1 Å². The third-order valence-corrected chi connectivity index (χ3v) is 13.4. The molecule has 11 nitrogen and oxygen atoms in total. The molecule has 0 unspecified atom stereocenters. The van der Waals surface area contributed by atoms with Crippen molar-refractivity contribution in [2.24, 2.45) is 16.8 Å². The van der Waals surface area contributed by atoms with Crippen LogP contribution in [0.2, 0.25) is 5.15 Å². The Balaban J connectivity index is 0.000000178. The number of aliphatic imine (C=N–C) groups is 1. The Morgan fingerprint density at radius 3 is 2.06 bits per heavy atom. The van der Waals surface area contributed by atoms with Crippen LogP contribution in [0.25, 0.3) is 20.4 Å². The lowest BCUT2D eigenvalue weighted by molar-refractivity contribution is -0.134. The van der Waals surface area contributed by atoms with Crippen LogP contribution in [0, 0.1) is 11.8 Å². The van der Waals surface area contributed by atoms with Crippen LogP contribution in [0.4, 0.5) is 11.5 Å². The lowest BCUT2D eigenvalue weighted by atomic mass is 9.87. The first kappa shape index (κ1) is 35.8. The van der Waals surface area contributed by atoms with Crippen LogP contribution in [-0.2, 0) is 41.8 Å². The fraction of sp³-hybridized carbons (Fsp3) is 0.462. The number of nitrogens with zero attached hydrogens (tertiary/aromatic N) is 7. The number of hydrogen-bond acceptors (Lipinski definition) is 11. The van der Waals surface area contributed by atoms with Crippen LogP contribution in [0.15, 0.2) is 29.8 Å². The maximum atomic E-state index is 12.6. The third kappa shape index (κ3) is 7.10. The molecule has 0 saturated heterocycles. The van der Waals surface area contributed by atoms with Crippen molar-refractivity contribution < 1.29 is 14.3 Å². The van der Waals surface area contributed by atoms with Crippen LogP contribution in [-0.4, -0.2) is 82.1 Å². The molecule has 1 fully saturated rings. The van der Waals surface area contributed by atoms with Crippen LogP contribution in [0.3, 0.4) is 0 Å². The molecule has 4 aromatic heterocycles. The van der Waals surface area contributed by atoms with E-state index in [1.807, 2.05) is 34.4 Å². The highest BCUT2D eigenvalue weighted by Crippen LogP contribution is 2.43. The predicted molar refractivity (Wildman–Crippen MR) is 212 cm³/mol. The quantitative estimate of drug-likeness (QED) is 0.177. The minimum atomic E-state index is 0.0438. The van der Waals surface area contributed by atoms with Gasteiger partial charge in [0.2, 0.25) is 11.8 Å². The van der Waals surface area contributed by atoms with Gasteiger partial charge in [-0.15, -0.1) is 22.7 Å². The minimum Gasteiger partial charge on any atom is -0.488 e. The Bertz CT molecular complexity index is 2240. The van der Waals surface area contributed by atoms with Crippen molar-refractivity contribution >= 4 is 84.2 Å². The van der Waals surface area contributed by atoms with E-state index >= 15 is 0 Å². The van der Waals surface area contributed by atoms with Crippen LogP contribution in [0.5, 0.6) is 5.75 Å². The Hall–Kier alpha value is -4.20. The SMILES string of the molecule is CN(C)C(=O)[C@H]1CCc2c(sc3ncnc(Cl)c23)C1.CN(C)C(=O)[C@H]1CCc2c(sc3ncnc(Nc4cc5c(cc4OC4CCCC4)CN=C5)c23)C1. The van der Waals surface area contributed by atoms with E-state index < -0.39 is 0 Å². The first-order valence-electron chi connectivity index (χ1n) is 18.3. The standard InChI is InChI=1S/C26H29N5O2S.C13H14ClN3OS/c1-31(2)26(32)15-7-8-19-22(11-15)34-25-23(19)24(28-14-29-25)30-20-9-16-12-27-13-17(16)10-21(20)33-18-5-3-4-6-18;1-17(2)13(18)7-3-4-8-9(5-7)19-12-10(8)11(14)15-6-16-12/h9-10,12,14-15,18H,3-8,11,13H2,1-2H3,(H,28,29,30);6-7H,3-5H2,1-2H3/t15-;7-/m00/s1. The van der Waals surface area contributed by atoms with Gasteiger partial charge in [0.25, 0.3) is 0 Å². The van der Waals surface area contributed by atoms with Gasteiger partial charge in [-0.25, -0.2) is 19.9 Å². The van der Waals surface area contributed by atoms with E-state index in [1.54, 1.807) is 38.8 Å². The molecule has 1 saturated carbocycles. The number of amides is 2. The summed E-state index contributed by atoms with van der Waals surface area (Å²) in [6.07, 6.45) is 15.0. The number of fused-ring (bicyclic) bond motifs is 7. The van der Waals surface area contributed by atoms with Gasteiger partial charge in [-0.1, -0.05) is 11.6 Å². The van der Waals surface area contributed by atoms with Crippen molar-refractivity contribution in [2.75, 3.05) is 33.5 Å². The number of carbonyl (C=O) groups excluding carboxylic acids is 2. The van der Waals surface area contributed by atoms with E-state index in [9.17, 15) is 9.59 Å². The number of benzene rings is 1. The average Bonchev–Trinajstić information content (AvgIpc) is 3.97. The van der Waals surface area contributed by atoms with Gasteiger partial charge in [-0.3, -0.25) is 14.6 Å². The number of halogens is 1. The van der Waals surface area contributed by atoms with E-state index in [1.165, 1.54) is 45.6 Å². The molecule has 5 heterocycles. The van der Waals surface area contributed by atoms with Gasteiger partial charge < -0.3 is 19.9 Å². The van der Waals surface area contributed by atoms with Gasteiger partial charge in [-0.05, 0) is 98.6 Å². The molecule has 9 rings (SSSR count). The number of nitrogens with one attached hydrogen (secondary N) is 1. The molecule has 3 aliphatic carbocycles. The fourth-order valence-electron chi connectivity index (χ4n) is 8.08. The molecule has 2 amide bonds. The third-order valence-electron chi connectivity index (χ3n) is 10.8. The normalized spacial score (nSPS) is 19.0. The number of anilines is 2. The second-order valence-electron chi connectivity index (χ2n) is 14.8. The number of ether oxygens (including phenoxy) is 1. The second-order valence-corrected chi connectivity index (χ2v) is 17.3. The molecule has 4 aliphatic rings. The van der Waals surface area contributed by atoms with E-state index in [0.717, 1.165) is 94.6 Å². The molecule has 0 spiro atoms. The van der Waals surface area contributed by atoms with Crippen molar-refractivity contribution in [3.8, 4) is 5.75 Å². The molecule has 1 aliphatic heterocycles. The molecule has 53 heavy (non-hydrogen) atoms. The maximum Gasteiger partial charge on any atom is 0.225 e. The molecule has 5 aromatic rings. The zero-order valence-corrected chi connectivity index (χ0v) is 32.8. The van der Waals surface area contributed by atoms with Crippen molar-refractivity contribution in [2.45, 2.75) is 76.9 Å². The summed E-state index contributed by atoms with van der Waals surface area (Å²) in [5.74, 6) is 2.24. The summed E-state index contributed by atoms with van der Waals surface area (Å²) in [5, 5.41) is 6.20. The highest BCUT2D eigenvalue weighted by atomic mass is 35.5. The number of aryl methyl sites for hydroxylation is 2. The molecule has 276 valence electrons. The highest BCUT2D eigenvalue weighted by Gasteiger charge is 2.31. The Labute approximate surface area is 321 Å². The second kappa shape index (κ2) is 14.9. The number of thiophene rings is 2. The molecule has 14 heteroatoms. The van der Waals surface area contributed by atoms with Crippen molar-refractivity contribution in [3.05, 3.63) is 61.9 Å². The molecular weight excluding hydrogens is 728 g/mol. The summed E-state index contributed by atoms with van der Waals surface area (Å²) < 4.78 is 6.47. The molecule has 0 bridgehead atoms. The van der Waals surface area contributed by atoms with E-state index in [-0.39, 0.29) is 29.8 Å². The summed E-state index contributed by atoms with van der Waals surface area (Å²) in [6.45, 7) is 0.708. The van der Waals surface area contributed by atoms with Gasteiger partial charge in [0.1, 0.15) is 39.0 Å². The van der Waals surface area contributed by atoms with E-state index in [2.05, 4.69) is 42.4 Å². The topological polar surface area (TPSA) is 126 Å². The smallest absolute Gasteiger partial charge is 0.225 e. The number of aromatic nitrogens is 4. The lowest BCUT2D eigenvalue weighted by Gasteiger charge is -2.24. The number of carbonyl (C=O) groups is 2. The number of rotatable bonds is 6. The first-order valence-corrected chi connectivity index (χ1v) is 20.3. The Kier molecular flexibility index (Phi) is 10.1. The van der Waals surface area contributed by atoms with Gasteiger partial charge >= 0.3 is 0 Å². The van der Waals surface area contributed by atoms with Gasteiger partial charge in [0.15, 0.2) is 0 Å². The van der Waals surface area contributed by atoms with Gasteiger partial charge in [-0.2, -0.15) is 0 Å². The predicted octanol–water partition coefficient (Wildman–Crippen LogP) is 7.42. The summed E-state index contributed by atoms with van der Waals surface area (Å²) in [7, 11) is 7.29. The fourth-order valence-corrected chi connectivity index (χ4v) is 10.9. The largest absolute Gasteiger partial charge is 0.488 e. The summed E-state index contributed by atoms with van der Waals surface area (Å²) in [4.78, 5) is 54.4. The molecular formula is C39H43ClN8O3S2. The minimum absolute atomic E-state index is 0.0438. The van der Waals surface area contributed by atoms with Crippen molar-refractivity contribution in [1.82, 2.24) is 29.7 Å². The van der Waals surface area contributed by atoms with Crippen LogP contribution < -0.4 is 10.1 Å². The number of hydrogen-bond donors (Lipinski definition) is 1. The Morgan fingerprint density at radius 2 is 1.42 bits per heavy atom. The van der Waals surface area contributed by atoms with Crippen LogP contribution in [0.1, 0.15) is 70.5 Å². The van der Waals surface area contributed by atoms with Gasteiger partial charge in [0, 0.05) is 56.0 Å². The van der Waals surface area contributed by atoms with E-state index in [0.29, 0.717) is 11.7 Å². The summed E-state index contributed by atoms with van der Waals surface area (Å²) in [6, 6.07) is 4.27. The summed E-state index contributed by atoms with van der Waals surface area (Å²) >= 11 is 9.50. The van der Waals surface area contributed by atoms with Crippen molar-refractivity contribution in [3.63, 3.8) is 0 Å².